The van der Waals surface area contributed by atoms with Crippen molar-refractivity contribution >= 4 is 70.8 Å². The molecule has 4 aromatic carbocycles. The summed E-state index contributed by atoms with van der Waals surface area (Å²) in [4.78, 5) is 29.1. The fraction of sp³-hybridized carbons (Fsp3) is 0.354. The van der Waals surface area contributed by atoms with Gasteiger partial charge in [-0.25, -0.2) is 0 Å². The summed E-state index contributed by atoms with van der Waals surface area (Å²) in [6.45, 7) is 10.5. The normalized spacial score (nSPS) is 21.0. The van der Waals surface area contributed by atoms with E-state index in [0.29, 0.717) is 11.1 Å². The molecule has 0 spiro atoms. The molecule has 0 amide bonds. The maximum absolute atomic E-state index is 13.8. The number of carboxylic acids is 1. The molecule has 4 aromatic rings. The van der Waals surface area contributed by atoms with Crippen LogP contribution in [0.2, 0.25) is 0 Å². The standard InChI is InChI=1S/C48H52N2O10S2/c1-6-60-45(53)48(44(51)52)30-32(17-23-40-46(2,3)42-36-15-9-7-13-34(36)19-21-38(42)49(40)25-11-27-61(54,55)56)29-33(31-48)18-24-41-47(4,5)43-37-16-10-8-14-35(37)20-22-39(43)50(41)26-12-28-62(57,58)59/h7-10,13-24,29H,6,11-12,25-28,30-31H2,1-5H3,(H2-,51,52,54,55,56,57,58,59)/p+1. The zero-order valence-corrected chi connectivity index (χ0v) is 37.2. The van der Waals surface area contributed by atoms with Gasteiger partial charge in [0.15, 0.2) is 11.1 Å². The molecule has 2 aliphatic heterocycles. The lowest BCUT2D eigenvalue weighted by Gasteiger charge is -2.32. The third-order valence-electron chi connectivity index (χ3n) is 12.4. The van der Waals surface area contributed by atoms with Crippen molar-refractivity contribution in [3.05, 3.63) is 131 Å². The molecule has 1 atom stereocenters. The molecule has 3 N–H and O–H groups in total. The Bertz CT molecular complexity index is 2890. The van der Waals surface area contributed by atoms with Gasteiger partial charge in [0.1, 0.15) is 6.54 Å². The van der Waals surface area contributed by atoms with Crippen LogP contribution in [0, 0.1) is 5.41 Å². The first-order chi connectivity index (χ1) is 29.2. The van der Waals surface area contributed by atoms with E-state index in [-0.39, 0.29) is 45.4 Å². The number of rotatable bonds is 14. The van der Waals surface area contributed by atoms with Crippen LogP contribution < -0.4 is 4.90 Å². The van der Waals surface area contributed by atoms with E-state index in [0.717, 1.165) is 55.5 Å². The van der Waals surface area contributed by atoms with E-state index in [1.54, 1.807) is 6.92 Å². The van der Waals surface area contributed by atoms with Gasteiger partial charge < -0.3 is 14.7 Å². The number of allylic oxidation sites excluding steroid dienone is 8. The minimum atomic E-state index is -4.21. The summed E-state index contributed by atoms with van der Waals surface area (Å²) >= 11 is 0. The van der Waals surface area contributed by atoms with Crippen molar-refractivity contribution < 1.29 is 49.9 Å². The van der Waals surface area contributed by atoms with Crippen LogP contribution in [-0.2, 0) is 45.4 Å². The number of benzene rings is 4. The average molecular weight is 882 g/mol. The topological polar surface area (TPSA) is 179 Å². The molecule has 7 rings (SSSR count). The molecule has 0 fully saturated rings. The molecule has 62 heavy (non-hydrogen) atoms. The van der Waals surface area contributed by atoms with Crippen LogP contribution in [-0.4, -0.2) is 84.5 Å². The number of anilines is 1. The number of carbonyl (C=O) groups excluding carboxylic acids is 1. The second kappa shape index (κ2) is 16.7. The molecule has 12 nitrogen and oxygen atoms in total. The predicted molar refractivity (Wildman–Crippen MR) is 242 cm³/mol. The summed E-state index contributed by atoms with van der Waals surface area (Å²) in [6, 6.07) is 24.1. The van der Waals surface area contributed by atoms with Gasteiger partial charge >= 0.3 is 11.9 Å². The number of nitrogens with zero attached hydrogens (tertiary/aromatic N) is 2. The van der Waals surface area contributed by atoms with E-state index in [1.807, 2.05) is 101 Å². The first-order valence-corrected chi connectivity index (χ1v) is 24.0. The average Bonchev–Trinajstić information content (AvgIpc) is 3.56. The summed E-state index contributed by atoms with van der Waals surface area (Å²) < 4.78 is 73.8. The van der Waals surface area contributed by atoms with Gasteiger partial charge in [0, 0.05) is 47.5 Å². The minimum absolute atomic E-state index is 0.0123. The van der Waals surface area contributed by atoms with Gasteiger partial charge in [-0.3, -0.25) is 18.7 Å². The van der Waals surface area contributed by atoms with Gasteiger partial charge in [-0.15, -0.1) is 0 Å². The third-order valence-corrected chi connectivity index (χ3v) is 14.1. The van der Waals surface area contributed by atoms with Gasteiger partial charge in [0.2, 0.25) is 5.69 Å². The molecule has 0 bridgehead atoms. The van der Waals surface area contributed by atoms with Gasteiger partial charge in [-0.1, -0.05) is 86.7 Å². The maximum Gasteiger partial charge on any atom is 0.324 e. The summed E-state index contributed by atoms with van der Waals surface area (Å²) in [5, 5.41) is 15.0. The number of ether oxygens (including phenoxy) is 1. The van der Waals surface area contributed by atoms with Crippen molar-refractivity contribution in [3.8, 4) is 0 Å². The fourth-order valence-corrected chi connectivity index (χ4v) is 10.7. The Balaban J connectivity index is 1.35. The van der Waals surface area contributed by atoms with E-state index in [1.165, 1.54) is 0 Å². The number of fused-ring (bicyclic) bond motifs is 6. The first kappa shape index (κ1) is 44.6. The Morgan fingerprint density at radius 1 is 0.774 bits per heavy atom. The van der Waals surface area contributed by atoms with Crippen LogP contribution in [0.4, 0.5) is 11.4 Å². The Morgan fingerprint density at radius 3 is 2.02 bits per heavy atom. The first-order valence-electron chi connectivity index (χ1n) is 20.8. The number of hydrogen-bond acceptors (Lipinski definition) is 8. The van der Waals surface area contributed by atoms with Crippen molar-refractivity contribution in [2.75, 3.05) is 36.1 Å². The molecule has 0 aromatic heterocycles. The van der Waals surface area contributed by atoms with Crippen molar-refractivity contribution in [1.29, 1.82) is 0 Å². The number of hydrogen-bond donors (Lipinski definition) is 3. The van der Waals surface area contributed by atoms with Crippen LogP contribution in [0.5, 0.6) is 0 Å². The summed E-state index contributed by atoms with van der Waals surface area (Å²) in [5.74, 6) is -3.01. The van der Waals surface area contributed by atoms with Crippen LogP contribution in [0.3, 0.4) is 0 Å². The Kier molecular flexibility index (Phi) is 12.0. The second-order valence-electron chi connectivity index (χ2n) is 17.4. The van der Waals surface area contributed by atoms with E-state index in [9.17, 15) is 40.6 Å². The molecule has 0 radical (unpaired) electrons. The van der Waals surface area contributed by atoms with Crippen molar-refractivity contribution in [1.82, 2.24) is 0 Å². The molecule has 1 aliphatic carbocycles. The maximum atomic E-state index is 13.8. The van der Waals surface area contributed by atoms with Crippen LogP contribution in [0.1, 0.15) is 71.4 Å². The van der Waals surface area contributed by atoms with Crippen LogP contribution >= 0.6 is 0 Å². The molecule has 3 aliphatic rings. The largest absolute Gasteiger partial charge is 0.480 e. The van der Waals surface area contributed by atoms with Crippen molar-refractivity contribution in [2.24, 2.45) is 5.41 Å². The summed E-state index contributed by atoms with van der Waals surface area (Å²) in [5.41, 5.74) is 3.52. The molecule has 1 unspecified atom stereocenters. The lowest BCUT2D eigenvalue weighted by atomic mass is 9.71. The number of aliphatic carboxylic acids is 1. The summed E-state index contributed by atoms with van der Waals surface area (Å²) in [7, 11) is -8.43. The summed E-state index contributed by atoms with van der Waals surface area (Å²) in [6.07, 6.45) is 9.34. The van der Waals surface area contributed by atoms with Gasteiger partial charge in [0.25, 0.3) is 20.2 Å². The van der Waals surface area contributed by atoms with E-state index in [4.69, 9.17) is 4.74 Å². The number of carboxylic acid groups (broad SMARTS) is 1. The highest BCUT2D eigenvalue weighted by molar-refractivity contribution is 7.86. The smallest absolute Gasteiger partial charge is 0.324 e. The van der Waals surface area contributed by atoms with Gasteiger partial charge in [-0.2, -0.15) is 21.4 Å². The zero-order chi connectivity index (χ0) is 44.8. The van der Waals surface area contributed by atoms with Crippen LogP contribution in [0.15, 0.2) is 120 Å². The highest BCUT2D eigenvalue weighted by Crippen LogP contribution is 2.51. The van der Waals surface area contributed by atoms with Crippen molar-refractivity contribution in [3.63, 3.8) is 0 Å². The second-order valence-corrected chi connectivity index (χ2v) is 20.5. The number of esters is 1. The third kappa shape index (κ3) is 8.53. The SMILES string of the molecule is CCOC(=O)C1(C(=O)O)CC(/C=C/C2=[N+](CCCS(=O)(=O)O)c3ccc4ccccc4c3C2(C)C)=CC(=C/C=C2/N(CCCS(=O)(=O)O)c3ccc4ccccc4c3C2(C)C)/C1. The molecule has 0 saturated heterocycles. The lowest BCUT2D eigenvalue weighted by Crippen LogP contribution is -2.42. The Morgan fingerprint density at radius 2 is 1.39 bits per heavy atom. The van der Waals surface area contributed by atoms with Crippen LogP contribution in [0.25, 0.3) is 21.5 Å². The van der Waals surface area contributed by atoms with E-state index >= 15 is 0 Å². The zero-order valence-electron chi connectivity index (χ0n) is 35.6. The minimum Gasteiger partial charge on any atom is -0.480 e. The molecular weight excluding hydrogens is 829 g/mol. The molecule has 14 heteroatoms. The number of carbonyl (C=O) groups is 2. The molecule has 326 valence electrons. The van der Waals surface area contributed by atoms with Gasteiger partial charge in [-0.05, 0) is 96.5 Å². The highest BCUT2D eigenvalue weighted by Gasteiger charge is 2.51. The van der Waals surface area contributed by atoms with E-state index < -0.39 is 59.9 Å². The Labute approximate surface area is 363 Å². The lowest BCUT2D eigenvalue weighted by molar-refractivity contribution is -0.437. The molecule has 0 saturated carbocycles. The Hall–Kier alpha value is -5.41. The predicted octanol–water partition coefficient (Wildman–Crippen LogP) is 8.44. The van der Waals surface area contributed by atoms with E-state index in [2.05, 4.69) is 39.8 Å². The molecular formula is C48H53N2O10S2+. The van der Waals surface area contributed by atoms with Crippen molar-refractivity contribution in [2.45, 2.75) is 71.1 Å². The highest BCUT2D eigenvalue weighted by atomic mass is 32.2. The van der Waals surface area contributed by atoms with Gasteiger partial charge in [0.05, 0.1) is 23.5 Å². The quantitative estimate of drug-likeness (QED) is 0.0479. The molecule has 2 heterocycles. The fourth-order valence-electron chi connectivity index (χ4n) is 9.70. The monoisotopic (exact) mass is 881 g/mol.